The third-order valence-corrected chi connectivity index (χ3v) is 4.31. The van der Waals surface area contributed by atoms with E-state index in [1.165, 1.54) is 25.7 Å². The molecule has 0 saturated carbocycles. The largest absolute Gasteiger partial charge is 0.462 e. The molecule has 1 rings (SSSR count). The molecule has 1 N–H and O–H groups in total. The van der Waals surface area contributed by atoms with Gasteiger partial charge in [0.15, 0.2) is 0 Å². The molecule has 1 amide bonds. The molecule has 0 aliphatic heterocycles. The number of amides is 1. The number of anilines is 1. The predicted octanol–water partition coefficient (Wildman–Crippen LogP) is 5.09. The van der Waals surface area contributed by atoms with E-state index in [1.807, 2.05) is 6.92 Å². The van der Waals surface area contributed by atoms with Crippen LogP contribution in [0.4, 0.5) is 10.5 Å². The first-order chi connectivity index (χ1) is 13.6. The van der Waals surface area contributed by atoms with Crippen molar-refractivity contribution >= 4 is 17.7 Å². The van der Waals surface area contributed by atoms with Crippen LogP contribution >= 0.6 is 0 Å². The van der Waals surface area contributed by atoms with Gasteiger partial charge in [0.2, 0.25) is 0 Å². The zero-order valence-corrected chi connectivity index (χ0v) is 17.7. The second-order valence-corrected chi connectivity index (χ2v) is 6.88. The minimum atomic E-state index is -0.477. The summed E-state index contributed by atoms with van der Waals surface area (Å²) in [5.41, 5.74) is 1.05. The van der Waals surface area contributed by atoms with Crippen molar-refractivity contribution in [2.75, 3.05) is 38.2 Å². The summed E-state index contributed by atoms with van der Waals surface area (Å²) in [7, 11) is 0. The van der Waals surface area contributed by atoms with Crippen molar-refractivity contribution < 1.29 is 19.1 Å². The van der Waals surface area contributed by atoms with Gasteiger partial charge in [0, 0.05) is 12.2 Å². The minimum absolute atomic E-state index is 0.355. The lowest BCUT2D eigenvalue weighted by Gasteiger charge is -2.21. The summed E-state index contributed by atoms with van der Waals surface area (Å²) in [4.78, 5) is 26.1. The summed E-state index contributed by atoms with van der Waals surface area (Å²) in [6.45, 7) is 10.3. The van der Waals surface area contributed by atoms with Gasteiger partial charge in [-0.1, -0.05) is 33.6 Å². The van der Waals surface area contributed by atoms with Gasteiger partial charge in [0.1, 0.15) is 0 Å². The second kappa shape index (κ2) is 14.9. The van der Waals surface area contributed by atoms with Crippen LogP contribution in [0.5, 0.6) is 0 Å². The number of carbonyl (C=O) groups excluding carboxylic acids is 2. The monoisotopic (exact) mass is 392 g/mol. The highest BCUT2D eigenvalue weighted by molar-refractivity contribution is 5.91. The van der Waals surface area contributed by atoms with E-state index in [0.717, 1.165) is 32.5 Å². The third kappa shape index (κ3) is 10.3. The van der Waals surface area contributed by atoms with E-state index in [9.17, 15) is 9.59 Å². The summed E-state index contributed by atoms with van der Waals surface area (Å²) in [6.07, 6.45) is 5.91. The van der Waals surface area contributed by atoms with E-state index in [2.05, 4.69) is 24.1 Å². The van der Waals surface area contributed by atoms with Crippen molar-refractivity contribution in [3.8, 4) is 0 Å². The summed E-state index contributed by atoms with van der Waals surface area (Å²) >= 11 is 0. The van der Waals surface area contributed by atoms with Crippen LogP contribution in [0.3, 0.4) is 0 Å². The summed E-state index contributed by atoms with van der Waals surface area (Å²) in [5, 5.41) is 2.68. The number of nitrogens with zero attached hydrogens (tertiary/aromatic N) is 1. The lowest BCUT2D eigenvalue weighted by molar-refractivity contribution is 0.0505. The maximum atomic E-state index is 11.9. The van der Waals surface area contributed by atoms with Crippen LogP contribution in [-0.4, -0.2) is 49.8 Å². The van der Waals surface area contributed by atoms with E-state index < -0.39 is 6.09 Å². The third-order valence-electron chi connectivity index (χ3n) is 4.31. The standard InChI is InChI=1S/C22H36N2O4/c1-4-7-14-24(15-8-5-2)16-9-18-28-22(26)23-20-12-10-19(11-13-20)21(25)27-17-6-3/h10-13H,4-9,14-18H2,1-3H3,(H,23,26). The van der Waals surface area contributed by atoms with Gasteiger partial charge in [-0.25, -0.2) is 9.59 Å². The summed E-state index contributed by atoms with van der Waals surface area (Å²) in [5.74, 6) is -0.355. The topological polar surface area (TPSA) is 67.9 Å². The number of hydrogen-bond acceptors (Lipinski definition) is 5. The number of benzene rings is 1. The molecule has 0 saturated heterocycles. The molecular weight excluding hydrogens is 356 g/mol. The SMILES string of the molecule is CCCCN(CCCC)CCCOC(=O)Nc1ccc(C(=O)OCCC)cc1. The van der Waals surface area contributed by atoms with Gasteiger partial charge in [-0.2, -0.15) is 0 Å². The Hall–Kier alpha value is -2.08. The Kier molecular flexibility index (Phi) is 12.8. The fourth-order valence-corrected chi connectivity index (χ4v) is 2.67. The Balaban J connectivity index is 2.30. The molecule has 0 heterocycles. The summed E-state index contributed by atoms with van der Waals surface area (Å²) in [6, 6.07) is 6.60. The second-order valence-electron chi connectivity index (χ2n) is 6.88. The molecule has 28 heavy (non-hydrogen) atoms. The maximum Gasteiger partial charge on any atom is 0.411 e. The summed E-state index contributed by atoms with van der Waals surface area (Å²) < 4.78 is 10.3. The van der Waals surface area contributed by atoms with Crippen molar-refractivity contribution in [3.05, 3.63) is 29.8 Å². The zero-order valence-electron chi connectivity index (χ0n) is 17.7. The van der Waals surface area contributed by atoms with Crippen molar-refractivity contribution in [1.29, 1.82) is 0 Å². The highest BCUT2D eigenvalue weighted by Crippen LogP contribution is 2.11. The Labute approximate surface area is 169 Å². The molecule has 6 heteroatoms. The molecule has 0 aromatic heterocycles. The lowest BCUT2D eigenvalue weighted by atomic mass is 10.2. The van der Waals surface area contributed by atoms with Crippen LogP contribution in [0.2, 0.25) is 0 Å². The average molecular weight is 393 g/mol. The maximum absolute atomic E-state index is 11.9. The Morgan fingerprint density at radius 1 is 0.821 bits per heavy atom. The molecule has 0 aliphatic carbocycles. The number of hydrogen-bond donors (Lipinski definition) is 1. The van der Waals surface area contributed by atoms with Gasteiger partial charge < -0.3 is 14.4 Å². The van der Waals surface area contributed by atoms with E-state index in [4.69, 9.17) is 9.47 Å². The van der Waals surface area contributed by atoms with E-state index >= 15 is 0 Å². The molecule has 1 aromatic rings. The number of unbranched alkanes of at least 4 members (excludes halogenated alkanes) is 2. The van der Waals surface area contributed by atoms with Gasteiger partial charge in [-0.15, -0.1) is 0 Å². The average Bonchev–Trinajstić information content (AvgIpc) is 2.71. The normalized spacial score (nSPS) is 10.7. The molecule has 0 aliphatic rings. The fourth-order valence-electron chi connectivity index (χ4n) is 2.67. The number of ether oxygens (including phenoxy) is 2. The zero-order chi connectivity index (χ0) is 20.6. The van der Waals surface area contributed by atoms with Gasteiger partial charge in [0.25, 0.3) is 0 Å². The molecule has 6 nitrogen and oxygen atoms in total. The van der Waals surface area contributed by atoms with Gasteiger partial charge in [-0.05, 0) is 63.0 Å². The quantitative estimate of drug-likeness (QED) is 0.353. The molecule has 0 fully saturated rings. The van der Waals surface area contributed by atoms with Crippen molar-refractivity contribution in [2.24, 2.45) is 0 Å². The first kappa shape index (κ1) is 24.0. The highest BCUT2D eigenvalue weighted by Gasteiger charge is 2.09. The van der Waals surface area contributed by atoms with Crippen LogP contribution < -0.4 is 5.32 Å². The molecule has 0 bridgehead atoms. The highest BCUT2D eigenvalue weighted by atomic mass is 16.5. The lowest BCUT2D eigenvalue weighted by Crippen LogP contribution is -2.28. The van der Waals surface area contributed by atoms with Gasteiger partial charge in [-0.3, -0.25) is 5.32 Å². The van der Waals surface area contributed by atoms with Crippen molar-refractivity contribution in [3.63, 3.8) is 0 Å². The Bertz CT molecular complexity index is 552. The Morgan fingerprint density at radius 2 is 1.43 bits per heavy atom. The fraction of sp³-hybridized carbons (Fsp3) is 0.636. The van der Waals surface area contributed by atoms with E-state index in [0.29, 0.717) is 24.5 Å². The molecular formula is C22H36N2O4. The van der Waals surface area contributed by atoms with Crippen molar-refractivity contribution in [1.82, 2.24) is 4.90 Å². The number of rotatable bonds is 14. The molecule has 0 atom stereocenters. The van der Waals surface area contributed by atoms with Crippen molar-refractivity contribution in [2.45, 2.75) is 59.3 Å². The Morgan fingerprint density at radius 3 is 2.00 bits per heavy atom. The van der Waals surface area contributed by atoms with Gasteiger partial charge in [0.05, 0.1) is 18.8 Å². The van der Waals surface area contributed by atoms with Gasteiger partial charge >= 0.3 is 12.1 Å². The minimum Gasteiger partial charge on any atom is -0.462 e. The first-order valence-electron chi connectivity index (χ1n) is 10.5. The van der Waals surface area contributed by atoms with Crippen LogP contribution in [0.1, 0.15) is 69.7 Å². The van der Waals surface area contributed by atoms with Crippen LogP contribution in [0.25, 0.3) is 0 Å². The smallest absolute Gasteiger partial charge is 0.411 e. The molecule has 0 spiro atoms. The molecule has 1 aromatic carbocycles. The molecule has 158 valence electrons. The number of nitrogens with one attached hydrogen (secondary N) is 1. The first-order valence-corrected chi connectivity index (χ1v) is 10.5. The van der Waals surface area contributed by atoms with E-state index in [-0.39, 0.29) is 5.97 Å². The number of carbonyl (C=O) groups is 2. The van der Waals surface area contributed by atoms with Crippen LogP contribution in [0, 0.1) is 0 Å². The van der Waals surface area contributed by atoms with Crippen LogP contribution in [0.15, 0.2) is 24.3 Å². The van der Waals surface area contributed by atoms with E-state index in [1.54, 1.807) is 24.3 Å². The predicted molar refractivity (Wildman–Crippen MR) is 113 cm³/mol. The van der Waals surface area contributed by atoms with Crippen LogP contribution in [-0.2, 0) is 9.47 Å². The number of esters is 1. The molecule has 0 radical (unpaired) electrons. The molecule has 0 unspecified atom stereocenters.